The lowest BCUT2D eigenvalue weighted by Crippen LogP contribution is -2.32. The number of aliphatic hydroxyl groups excluding tert-OH is 1. The van der Waals surface area contributed by atoms with Gasteiger partial charge in [-0.25, -0.2) is 8.78 Å². The fourth-order valence-corrected chi connectivity index (χ4v) is 0.483. The summed E-state index contributed by atoms with van der Waals surface area (Å²) in [6, 6.07) is 1.84. The molecule has 1 atom stereocenters. The molecule has 0 bridgehead atoms. The minimum Gasteiger partial charge on any atom is -0.386 e. The molecule has 3 nitrogen and oxygen atoms in total. The van der Waals surface area contributed by atoms with Crippen molar-refractivity contribution in [2.45, 2.75) is 19.0 Å². The van der Waals surface area contributed by atoms with Crippen molar-refractivity contribution < 1.29 is 13.9 Å². The summed E-state index contributed by atoms with van der Waals surface area (Å²) in [5.41, 5.74) is 0. The van der Waals surface area contributed by atoms with E-state index in [1.165, 1.54) is 0 Å². The highest BCUT2D eigenvalue weighted by molar-refractivity contribution is 4.71. The molecule has 0 radical (unpaired) electrons. The van der Waals surface area contributed by atoms with Gasteiger partial charge in [0.15, 0.2) is 0 Å². The van der Waals surface area contributed by atoms with Gasteiger partial charge in [0.1, 0.15) is 6.10 Å². The molecule has 0 amide bonds. The number of nitrogens with zero attached hydrogens (tertiary/aromatic N) is 1. The highest BCUT2D eigenvalue weighted by Gasteiger charge is 2.15. The Bertz CT molecular complexity index is 135. The maximum atomic E-state index is 11.6. The standard InChI is InChI=1S/C6H10F2N2O/c7-6(8)5(11)4-10-3-1-2-9/h5-6,10-11H,1,3-4H2. The Morgan fingerprint density at radius 2 is 2.18 bits per heavy atom. The molecule has 1 unspecified atom stereocenters. The van der Waals surface area contributed by atoms with Crippen LogP contribution >= 0.6 is 0 Å². The van der Waals surface area contributed by atoms with Gasteiger partial charge < -0.3 is 10.4 Å². The Morgan fingerprint density at radius 3 is 2.64 bits per heavy atom. The van der Waals surface area contributed by atoms with Gasteiger partial charge in [0, 0.05) is 19.5 Å². The van der Waals surface area contributed by atoms with E-state index in [1.54, 1.807) is 0 Å². The van der Waals surface area contributed by atoms with Crippen LogP contribution in [0.25, 0.3) is 0 Å². The minimum atomic E-state index is -2.72. The van der Waals surface area contributed by atoms with Gasteiger partial charge >= 0.3 is 0 Å². The molecule has 0 aliphatic heterocycles. The molecular formula is C6H10F2N2O. The Hall–Kier alpha value is -0.730. The van der Waals surface area contributed by atoms with Crippen molar-refractivity contribution in [3.8, 4) is 6.07 Å². The van der Waals surface area contributed by atoms with Crippen LogP contribution in [-0.4, -0.2) is 30.7 Å². The number of rotatable bonds is 5. The SMILES string of the molecule is N#CCCNCC(O)C(F)F. The average molecular weight is 164 g/mol. The number of alkyl halides is 2. The molecule has 0 aromatic rings. The first-order valence-corrected chi connectivity index (χ1v) is 3.22. The van der Waals surface area contributed by atoms with Gasteiger partial charge in [0.05, 0.1) is 6.07 Å². The third-order valence-corrected chi connectivity index (χ3v) is 1.06. The molecule has 0 saturated heterocycles. The van der Waals surface area contributed by atoms with Crippen LogP contribution in [0.3, 0.4) is 0 Å². The highest BCUT2D eigenvalue weighted by atomic mass is 19.3. The number of aliphatic hydroxyl groups is 1. The lowest BCUT2D eigenvalue weighted by atomic mass is 10.3. The van der Waals surface area contributed by atoms with Crippen LogP contribution in [0.15, 0.2) is 0 Å². The zero-order valence-electron chi connectivity index (χ0n) is 5.93. The van der Waals surface area contributed by atoms with Crippen molar-refractivity contribution >= 4 is 0 Å². The molecule has 0 rings (SSSR count). The van der Waals surface area contributed by atoms with Crippen molar-refractivity contribution in [1.29, 1.82) is 5.26 Å². The minimum absolute atomic E-state index is 0.167. The van der Waals surface area contributed by atoms with Crippen molar-refractivity contribution in [3.63, 3.8) is 0 Å². The van der Waals surface area contributed by atoms with Crippen molar-refractivity contribution in [1.82, 2.24) is 5.32 Å². The smallest absolute Gasteiger partial charge is 0.265 e. The van der Waals surface area contributed by atoms with E-state index in [4.69, 9.17) is 10.4 Å². The van der Waals surface area contributed by atoms with Gasteiger partial charge in [-0.2, -0.15) is 5.26 Å². The number of nitrogens with one attached hydrogen (secondary N) is 1. The van der Waals surface area contributed by atoms with Crippen LogP contribution in [0.5, 0.6) is 0 Å². The molecule has 5 heteroatoms. The number of hydrogen-bond donors (Lipinski definition) is 2. The maximum Gasteiger partial charge on any atom is 0.265 e. The normalized spacial score (nSPS) is 13.0. The Morgan fingerprint density at radius 1 is 1.55 bits per heavy atom. The molecule has 0 aliphatic rings. The summed E-state index contributed by atoms with van der Waals surface area (Å²) in [4.78, 5) is 0. The first-order chi connectivity index (χ1) is 5.18. The van der Waals surface area contributed by atoms with Gasteiger partial charge in [-0.3, -0.25) is 0 Å². The molecule has 0 saturated carbocycles. The van der Waals surface area contributed by atoms with E-state index in [-0.39, 0.29) is 13.0 Å². The van der Waals surface area contributed by atoms with Crippen LogP contribution in [-0.2, 0) is 0 Å². The Balaban J connectivity index is 3.19. The summed E-state index contributed by atoms with van der Waals surface area (Å²) in [5.74, 6) is 0. The number of hydrogen-bond acceptors (Lipinski definition) is 3. The lowest BCUT2D eigenvalue weighted by Gasteiger charge is -2.08. The molecule has 0 heterocycles. The third kappa shape index (κ3) is 5.70. The van der Waals surface area contributed by atoms with Crippen LogP contribution in [0.4, 0.5) is 8.78 Å². The second kappa shape index (κ2) is 6.01. The fourth-order valence-electron chi connectivity index (χ4n) is 0.483. The van der Waals surface area contributed by atoms with Gasteiger partial charge in [-0.05, 0) is 0 Å². The summed E-state index contributed by atoms with van der Waals surface area (Å²) in [7, 11) is 0. The van der Waals surface area contributed by atoms with E-state index in [1.807, 2.05) is 6.07 Å². The zero-order valence-corrected chi connectivity index (χ0v) is 5.93. The molecule has 0 aromatic heterocycles. The summed E-state index contributed by atoms with van der Waals surface area (Å²) >= 11 is 0. The summed E-state index contributed by atoms with van der Waals surface area (Å²) in [6.45, 7) is 0.166. The second-order valence-corrected chi connectivity index (χ2v) is 2.01. The van der Waals surface area contributed by atoms with E-state index >= 15 is 0 Å². The molecule has 11 heavy (non-hydrogen) atoms. The third-order valence-electron chi connectivity index (χ3n) is 1.06. The Labute approximate surface area is 63.6 Å². The predicted molar refractivity (Wildman–Crippen MR) is 35.1 cm³/mol. The van der Waals surface area contributed by atoms with Gasteiger partial charge in [0.25, 0.3) is 6.43 Å². The molecule has 0 aromatic carbocycles. The molecule has 2 N–H and O–H groups in total. The Kier molecular flexibility index (Phi) is 5.61. The first kappa shape index (κ1) is 10.3. The monoisotopic (exact) mass is 164 g/mol. The largest absolute Gasteiger partial charge is 0.386 e. The van der Waals surface area contributed by atoms with Crippen molar-refractivity contribution in [3.05, 3.63) is 0 Å². The van der Waals surface area contributed by atoms with Crippen molar-refractivity contribution in [2.24, 2.45) is 0 Å². The van der Waals surface area contributed by atoms with Crippen LogP contribution in [0.2, 0.25) is 0 Å². The molecular weight excluding hydrogens is 154 g/mol. The maximum absolute atomic E-state index is 11.6. The first-order valence-electron chi connectivity index (χ1n) is 3.22. The second-order valence-electron chi connectivity index (χ2n) is 2.01. The molecule has 0 fully saturated rings. The summed E-state index contributed by atoms with van der Waals surface area (Å²) in [5, 5.41) is 19.1. The predicted octanol–water partition coefficient (Wildman–Crippen LogP) is 0.116. The van der Waals surface area contributed by atoms with Gasteiger partial charge in [-0.1, -0.05) is 0 Å². The number of halogens is 2. The van der Waals surface area contributed by atoms with Crippen LogP contribution in [0, 0.1) is 11.3 Å². The van der Waals surface area contributed by atoms with Crippen LogP contribution in [0.1, 0.15) is 6.42 Å². The average Bonchev–Trinajstić information content (AvgIpc) is 1.97. The lowest BCUT2D eigenvalue weighted by molar-refractivity contribution is -0.00305. The zero-order chi connectivity index (χ0) is 8.69. The van der Waals surface area contributed by atoms with Crippen molar-refractivity contribution in [2.75, 3.05) is 13.1 Å². The summed E-state index contributed by atoms with van der Waals surface area (Å²) < 4.78 is 23.2. The van der Waals surface area contributed by atoms with E-state index in [0.29, 0.717) is 6.54 Å². The topological polar surface area (TPSA) is 56.0 Å². The van der Waals surface area contributed by atoms with E-state index in [0.717, 1.165) is 0 Å². The molecule has 64 valence electrons. The van der Waals surface area contributed by atoms with E-state index < -0.39 is 12.5 Å². The molecule has 0 spiro atoms. The van der Waals surface area contributed by atoms with E-state index in [2.05, 4.69) is 5.32 Å². The van der Waals surface area contributed by atoms with Gasteiger partial charge in [-0.15, -0.1) is 0 Å². The highest BCUT2D eigenvalue weighted by Crippen LogP contribution is 1.97. The summed E-state index contributed by atoms with van der Waals surface area (Å²) in [6.07, 6.45) is -4.09. The molecule has 0 aliphatic carbocycles. The quantitative estimate of drug-likeness (QED) is 0.567. The van der Waals surface area contributed by atoms with Gasteiger partial charge in [0.2, 0.25) is 0 Å². The van der Waals surface area contributed by atoms with Crippen LogP contribution < -0.4 is 5.32 Å². The fraction of sp³-hybridized carbons (Fsp3) is 0.833. The van der Waals surface area contributed by atoms with E-state index in [9.17, 15) is 8.78 Å². The number of nitriles is 1.